The molecule has 1 aromatic heterocycles. The molecular weight excluding hydrogens is 617 g/mol. The normalized spacial score (nSPS) is 14.2. The van der Waals surface area contributed by atoms with Gasteiger partial charge in [0.1, 0.15) is 16.9 Å². The van der Waals surface area contributed by atoms with Crippen LogP contribution in [0.15, 0.2) is 150 Å². The van der Waals surface area contributed by atoms with E-state index < -0.39 is 0 Å². The number of fused-ring (bicyclic) bond motifs is 10. The van der Waals surface area contributed by atoms with E-state index in [9.17, 15) is 0 Å². The fraction of sp³-hybridized carbons (Fsp3) is 0.0667. The molecule has 3 heterocycles. The number of hydrogen-bond donors (Lipinski definition) is 0. The quantitative estimate of drug-likeness (QED) is 0.191. The number of nitrogens with zero attached hydrogens (tertiary/aromatic N) is 2. The molecule has 50 heavy (non-hydrogen) atoms. The van der Waals surface area contributed by atoms with Crippen LogP contribution in [0, 0.1) is 0 Å². The molecule has 0 spiro atoms. The molecule has 3 aliphatic rings. The first kappa shape index (κ1) is 27.5. The van der Waals surface area contributed by atoms with E-state index in [-0.39, 0.29) is 5.41 Å². The summed E-state index contributed by atoms with van der Waals surface area (Å²) in [6.45, 7) is 4.65. The summed E-state index contributed by atoms with van der Waals surface area (Å²) in [6, 6.07) is 50.9. The van der Waals surface area contributed by atoms with Crippen molar-refractivity contribution in [1.82, 2.24) is 0 Å². The molecule has 0 saturated carbocycles. The van der Waals surface area contributed by atoms with Gasteiger partial charge in [0.2, 0.25) is 0 Å². The third kappa shape index (κ3) is 3.66. The van der Waals surface area contributed by atoms with E-state index in [2.05, 4.69) is 115 Å². The highest BCUT2D eigenvalue weighted by molar-refractivity contribution is 6.13. The van der Waals surface area contributed by atoms with Gasteiger partial charge in [-0.1, -0.05) is 92.7 Å². The van der Waals surface area contributed by atoms with E-state index in [1.807, 2.05) is 54.6 Å². The fourth-order valence-electron chi connectivity index (χ4n) is 8.34. The highest BCUT2D eigenvalue weighted by atomic mass is 16.5. The third-order valence-corrected chi connectivity index (χ3v) is 10.6. The summed E-state index contributed by atoms with van der Waals surface area (Å²) >= 11 is 0. The maximum Gasteiger partial charge on any atom is 0.157 e. The molecule has 0 N–H and O–H groups in total. The Labute approximate surface area is 289 Å². The van der Waals surface area contributed by atoms with E-state index in [4.69, 9.17) is 13.9 Å². The summed E-state index contributed by atoms with van der Waals surface area (Å²) in [6.07, 6.45) is 0. The Morgan fingerprint density at radius 3 is 1.94 bits per heavy atom. The molecule has 0 amide bonds. The van der Waals surface area contributed by atoms with Crippen LogP contribution in [0.2, 0.25) is 0 Å². The topological polar surface area (TPSA) is 38.1 Å². The summed E-state index contributed by atoms with van der Waals surface area (Å²) < 4.78 is 19.9. The summed E-state index contributed by atoms with van der Waals surface area (Å²) in [5.74, 6) is 3.06. The molecule has 11 rings (SSSR count). The average molecular weight is 647 g/mol. The van der Waals surface area contributed by atoms with Crippen molar-refractivity contribution < 1.29 is 13.9 Å². The van der Waals surface area contributed by atoms with Gasteiger partial charge in [-0.2, -0.15) is 0 Å². The fourth-order valence-corrected chi connectivity index (χ4v) is 8.34. The van der Waals surface area contributed by atoms with Crippen LogP contribution in [0.25, 0.3) is 33.1 Å². The molecule has 238 valence electrons. The van der Waals surface area contributed by atoms with Crippen molar-refractivity contribution >= 4 is 56.1 Å². The van der Waals surface area contributed by atoms with Crippen molar-refractivity contribution in [3.63, 3.8) is 0 Å². The van der Waals surface area contributed by atoms with Crippen molar-refractivity contribution in [2.75, 3.05) is 9.80 Å². The minimum absolute atomic E-state index is 0.163. The lowest BCUT2D eigenvalue weighted by Gasteiger charge is -2.39. The lowest BCUT2D eigenvalue weighted by Crippen LogP contribution is -2.21. The number of anilines is 6. The van der Waals surface area contributed by atoms with E-state index >= 15 is 0 Å². The van der Waals surface area contributed by atoms with Gasteiger partial charge >= 0.3 is 0 Å². The van der Waals surface area contributed by atoms with Gasteiger partial charge < -0.3 is 18.8 Å². The van der Waals surface area contributed by atoms with Crippen LogP contribution in [0.5, 0.6) is 23.0 Å². The predicted molar refractivity (Wildman–Crippen MR) is 201 cm³/mol. The molecule has 2 aliphatic heterocycles. The highest BCUT2D eigenvalue weighted by Gasteiger charge is 2.38. The first-order valence-corrected chi connectivity index (χ1v) is 17.0. The van der Waals surface area contributed by atoms with Gasteiger partial charge in [0, 0.05) is 28.6 Å². The zero-order valence-electron chi connectivity index (χ0n) is 27.5. The molecule has 8 aromatic rings. The molecule has 0 radical (unpaired) electrons. The first-order chi connectivity index (χ1) is 24.5. The van der Waals surface area contributed by atoms with Crippen LogP contribution in [0.4, 0.5) is 34.1 Å². The maximum absolute atomic E-state index is 6.73. The minimum Gasteiger partial charge on any atom is -0.456 e. The van der Waals surface area contributed by atoms with E-state index in [1.165, 1.54) is 22.3 Å². The Kier molecular flexibility index (Phi) is 5.39. The van der Waals surface area contributed by atoms with Gasteiger partial charge in [-0.3, -0.25) is 4.90 Å². The molecule has 0 unspecified atom stereocenters. The van der Waals surface area contributed by atoms with Gasteiger partial charge in [0.15, 0.2) is 23.0 Å². The second kappa shape index (κ2) is 9.80. The Bertz CT molecular complexity index is 2650. The average Bonchev–Trinajstić information content (AvgIpc) is 3.64. The number of ether oxygens (including phenoxy) is 2. The Balaban J connectivity index is 1.19. The highest BCUT2D eigenvalue weighted by Crippen LogP contribution is 2.61. The lowest BCUT2D eigenvalue weighted by molar-refractivity contribution is 0.446. The van der Waals surface area contributed by atoms with Crippen LogP contribution in [0.1, 0.15) is 25.0 Å². The zero-order valence-corrected chi connectivity index (χ0v) is 27.5. The SMILES string of the molecule is CC1(C)c2ccccc2-c2ccc(N(c3cc4c5c(c3)Oc3ccccc3N5c3ccccc3O4)c3cccc4oc5ccccc5c34)cc21. The third-order valence-electron chi connectivity index (χ3n) is 10.6. The van der Waals surface area contributed by atoms with Crippen LogP contribution in [-0.2, 0) is 5.41 Å². The molecule has 0 saturated heterocycles. The standard InChI is InChI=1S/C45H30N2O3/c1-45(2)32-14-5-3-12-29(32)30-23-22-27(24-33(30)45)46(36-17-11-21-40-43(36)31-13-4-8-18-37(31)48-40)28-25-41-44-42(26-28)50-39-20-10-7-16-35(39)47(44)34-15-6-9-19-38(34)49-41/h3-26H,1-2H3. The molecule has 0 atom stereocenters. The zero-order chi connectivity index (χ0) is 33.1. The number of hydrogen-bond acceptors (Lipinski definition) is 5. The smallest absolute Gasteiger partial charge is 0.157 e. The Morgan fingerprint density at radius 2 is 1.16 bits per heavy atom. The van der Waals surface area contributed by atoms with Crippen LogP contribution in [0.3, 0.4) is 0 Å². The van der Waals surface area contributed by atoms with Gasteiger partial charge in [-0.15, -0.1) is 0 Å². The van der Waals surface area contributed by atoms with Crippen LogP contribution < -0.4 is 19.3 Å². The van der Waals surface area contributed by atoms with Gasteiger partial charge in [-0.05, 0) is 76.9 Å². The number of para-hydroxylation sites is 5. The van der Waals surface area contributed by atoms with Crippen LogP contribution in [-0.4, -0.2) is 0 Å². The summed E-state index contributed by atoms with van der Waals surface area (Å²) in [4.78, 5) is 4.59. The largest absolute Gasteiger partial charge is 0.456 e. The Morgan fingerprint density at radius 1 is 0.520 bits per heavy atom. The van der Waals surface area contributed by atoms with Crippen molar-refractivity contribution in [2.45, 2.75) is 19.3 Å². The van der Waals surface area contributed by atoms with Gasteiger partial charge in [0.05, 0.1) is 28.1 Å². The monoisotopic (exact) mass is 646 g/mol. The van der Waals surface area contributed by atoms with Gasteiger partial charge in [-0.25, -0.2) is 0 Å². The molecule has 0 bridgehead atoms. The van der Waals surface area contributed by atoms with E-state index in [0.717, 1.165) is 79.1 Å². The van der Waals surface area contributed by atoms with Crippen molar-refractivity contribution in [2.24, 2.45) is 0 Å². The number of rotatable bonds is 3. The lowest BCUT2D eigenvalue weighted by atomic mass is 9.82. The summed E-state index contributed by atoms with van der Waals surface area (Å²) in [7, 11) is 0. The molecule has 5 heteroatoms. The Hall–Kier alpha value is -6.46. The number of benzene rings is 7. The molecule has 5 nitrogen and oxygen atoms in total. The molecule has 1 aliphatic carbocycles. The van der Waals surface area contributed by atoms with E-state index in [1.54, 1.807) is 0 Å². The maximum atomic E-state index is 6.73. The number of furan rings is 1. The molecule has 0 fully saturated rings. The molecular formula is C45H30N2O3. The second-order valence-corrected chi connectivity index (χ2v) is 13.8. The predicted octanol–water partition coefficient (Wildman–Crippen LogP) is 13.0. The summed E-state index contributed by atoms with van der Waals surface area (Å²) in [5, 5.41) is 2.12. The van der Waals surface area contributed by atoms with Crippen molar-refractivity contribution in [3.05, 3.63) is 157 Å². The second-order valence-electron chi connectivity index (χ2n) is 13.8. The van der Waals surface area contributed by atoms with Crippen molar-refractivity contribution in [1.29, 1.82) is 0 Å². The van der Waals surface area contributed by atoms with E-state index in [0.29, 0.717) is 0 Å². The van der Waals surface area contributed by atoms with Crippen molar-refractivity contribution in [3.8, 4) is 34.1 Å². The first-order valence-electron chi connectivity index (χ1n) is 17.0. The summed E-state index contributed by atoms with van der Waals surface area (Å²) in [5.41, 5.74) is 12.6. The van der Waals surface area contributed by atoms with Crippen LogP contribution >= 0.6 is 0 Å². The minimum atomic E-state index is -0.163. The van der Waals surface area contributed by atoms with Gasteiger partial charge in [0.25, 0.3) is 0 Å². The molecule has 7 aromatic carbocycles.